The van der Waals surface area contributed by atoms with Crippen molar-refractivity contribution < 1.29 is 13.2 Å². The zero-order valence-corrected chi connectivity index (χ0v) is 16.0. The Morgan fingerprint density at radius 3 is 2.28 bits per heavy atom. The number of anilines is 1. The molecule has 0 fully saturated rings. The van der Waals surface area contributed by atoms with Gasteiger partial charge in [-0.1, -0.05) is 29.8 Å². The number of rotatable bonds is 6. The summed E-state index contributed by atoms with van der Waals surface area (Å²) in [5.41, 5.74) is 3.58. The normalized spacial score (nSPS) is 11.6. The van der Waals surface area contributed by atoms with Crippen molar-refractivity contribution in [2.45, 2.75) is 20.4 Å². The minimum Gasteiger partial charge on any atom is -0.325 e. The third-order valence-electron chi connectivity index (χ3n) is 3.85. The molecule has 0 saturated carbocycles. The first-order chi connectivity index (χ1) is 11.6. The SMILES string of the molecule is Cc1ccc(NC(=O)CN(Cc2ccc(Cl)cc2)S(C)(=O)=O)cc1C. The van der Waals surface area contributed by atoms with E-state index < -0.39 is 10.0 Å². The molecule has 0 atom stereocenters. The number of sulfonamides is 1. The maximum absolute atomic E-state index is 12.3. The highest BCUT2D eigenvalue weighted by molar-refractivity contribution is 7.88. The molecule has 0 heterocycles. The molecular weight excluding hydrogens is 360 g/mol. The Labute approximate surface area is 153 Å². The van der Waals surface area contributed by atoms with E-state index in [0.717, 1.165) is 27.3 Å². The van der Waals surface area contributed by atoms with Gasteiger partial charge in [0.05, 0.1) is 12.8 Å². The highest BCUT2D eigenvalue weighted by Crippen LogP contribution is 2.16. The summed E-state index contributed by atoms with van der Waals surface area (Å²) >= 11 is 5.84. The van der Waals surface area contributed by atoms with E-state index >= 15 is 0 Å². The summed E-state index contributed by atoms with van der Waals surface area (Å²) in [7, 11) is -3.54. The molecule has 0 saturated heterocycles. The van der Waals surface area contributed by atoms with Crippen molar-refractivity contribution in [1.29, 1.82) is 0 Å². The predicted octanol–water partition coefficient (Wildman–Crippen LogP) is 3.36. The highest BCUT2D eigenvalue weighted by atomic mass is 35.5. The van der Waals surface area contributed by atoms with Crippen molar-refractivity contribution in [3.63, 3.8) is 0 Å². The number of amides is 1. The molecule has 0 aromatic heterocycles. The van der Waals surface area contributed by atoms with Crippen LogP contribution < -0.4 is 5.32 Å². The van der Waals surface area contributed by atoms with Crippen LogP contribution in [-0.2, 0) is 21.4 Å². The molecule has 7 heteroatoms. The maximum atomic E-state index is 12.3. The van der Waals surface area contributed by atoms with E-state index in [0.29, 0.717) is 10.7 Å². The topological polar surface area (TPSA) is 66.5 Å². The van der Waals surface area contributed by atoms with Crippen molar-refractivity contribution >= 4 is 33.2 Å². The lowest BCUT2D eigenvalue weighted by Crippen LogP contribution is -2.36. The van der Waals surface area contributed by atoms with E-state index in [1.54, 1.807) is 30.3 Å². The first-order valence-electron chi connectivity index (χ1n) is 7.72. The third kappa shape index (κ3) is 5.85. The highest BCUT2D eigenvalue weighted by Gasteiger charge is 2.20. The molecule has 134 valence electrons. The molecule has 2 aromatic carbocycles. The minimum atomic E-state index is -3.54. The van der Waals surface area contributed by atoms with Gasteiger partial charge in [-0.3, -0.25) is 4.79 Å². The lowest BCUT2D eigenvalue weighted by atomic mass is 10.1. The Hall–Kier alpha value is -1.89. The van der Waals surface area contributed by atoms with Gasteiger partial charge in [0.1, 0.15) is 0 Å². The van der Waals surface area contributed by atoms with Gasteiger partial charge in [-0.15, -0.1) is 0 Å². The second-order valence-corrected chi connectivity index (χ2v) is 8.42. The molecule has 0 aliphatic heterocycles. The van der Waals surface area contributed by atoms with Crippen LogP contribution in [0.15, 0.2) is 42.5 Å². The van der Waals surface area contributed by atoms with Crippen LogP contribution in [0.3, 0.4) is 0 Å². The quantitative estimate of drug-likeness (QED) is 0.835. The summed E-state index contributed by atoms with van der Waals surface area (Å²) in [4.78, 5) is 12.3. The molecule has 1 N–H and O–H groups in total. The summed E-state index contributed by atoms with van der Waals surface area (Å²) in [5.74, 6) is -0.386. The number of carbonyl (C=O) groups excluding carboxylic acids is 1. The van der Waals surface area contributed by atoms with Crippen LogP contribution in [0.1, 0.15) is 16.7 Å². The molecule has 0 unspecified atom stereocenters. The van der Waals surface area contributed by atoms with E-state index in [-0.39, 0.29) is 19.0 Å². The Bertz CT molecular complexity index is 864. The van der Waals surface area contributed by atoms with E-state index in [2.05, 4.69) is 5.32 Å². The fourth-order valence-corrected chi connectivity index (χ4v) is 3.13. The third-order valence-corrected chi connectivity index (χ3v) is 5.30. The fraction of sp³-hybridized carbons (Fsp3) is 0.278. The summed E-state index contributed by atoms with van der Waals surface area (Å²) < 4.78 is 25.2. The average molecular weight is 381 g/mol. The number of hydrogen-bond donors (Lipinski definition) is 1. The molecule has 0 aliphatic carbocycles. The van der Waals surface area contributed by atoms with Crippen LogP contribution in [0.2, 0.25) is 5.02 Å². The number of nitrogens with zero attached hydrogens (tertiary/aromatic N) is 1. The van der Waals surface area contributed by atoms with Crippen molar-refractivity contribution in [3.8, 4) is 0 Å². The second kappa shape index (κ2) is 7.99. The largest absolute Gasteiger partial charge is 0.325 e. The Balaban J connectivity index is 2.09. The van der Waals surface area contributed by atoms with Gasteiger partial charge in [-0.25, -0.2) is 8.42 Å². The molecule has 0 spiro atoms. The van der Waals surface area contributed by atoms with Crippen LogP contribution >= 0.6 is 11.6 Å². The molecule has 0 aliphatic rings. The molecule has 5 nitrogen and oxygen atoms in total. The van der Waals surface area contributed by atoms with E-state index in [1.807, 2.05) is 26.0 Å². The van der Waals surface area contributed by atoms with Gasteiger partial charge in [0.2, 0.25) is 15.9 Å². The summed E-state index contributed by atoms with van der Waals surface area (Å²) in [5, 5.41) is 3.31. The van der Waals surface area contributed by atoms with Gasteiger partial charge in [0, 0.05) is 17.3 Å². The Morgan fingerprint density at radius 2 is 1.72 bits per heavy atom. The van der Waals surface area contributed by atoms with Crippen molar-refractivity contribution in [3.05, 3.63) is 64.2 Å². The molecule has 2 rings (SSSR count). The summed E-state index contributed by atoms with van der Waals surface area (Å²) in [6, 6.07) is 12.4. The fourth-order valence-electron chi connectivity index (χ4n) is 2.26. The number of nitrogens with one attached hydrogen (secondary N) is 1. The number of aryl methyl sites for hydroxylation is 2. The summed E-state index contributed by atoms with van der Waals surface area (Å²) in [6.07, 6.45) is 1.09. The van der Waals surface area contributed by atoms with Gasteiger partial charge in [-0.05, 0) is 54.8 Å². The second-order valence-electron chi connectivity index (χ2n) is 6.00. The number of hydrogen-bond acceptors (Lipinski definition) is 3. The van der Waals surface area contributed by atoms with E-state index in [4.69, 9.17) is 11.6 Å². The lowest BCUT2D eigenvalue weighted by Gasteiger charge is -2.20. The Kier molecular flexibility index (Phi) is 6.21. The molecule has 0 radical (unpaired) electrons. The maximum Gasteiger partial charge on any atom is 0.239 e. The number of benzene rings is 2. The van der Waals surface area contributed by atoms with Crippen molar-refractivity contribution in [2.24, 2.45) is 0 Å². The molecule has 0 bridgehead atoms. The van der Waals surface area contributed by atoms with E-state index in [9.17, 15) is 13.2 Å². The monoisotopic (exact) mass is 380 g/mol. The average Bonchev–Trinajstić information content (AvgIpc) is 2.51. The van der Waals surface area contributed by atoms with Gasteiger partial charge in [0.15, 0.2) is 0 Å². The van der Waals surface area contributed by atoms with E-state index in [1.165, 1.54) is 0 Å². The lowest BCUT2D eigenvalue weighted by molar-refractivity contribution is -0.116. The molecule has 2 aromatic rings. The van der Waals surface area contributed by atoms with Crippen LogP contribution in [0.25, 0.3) is 0 Å². The smallest absolute Gasteiger partial charge is 0.239 e. The first-order valence-corrected chi connectivity index (χ1v) is 9.94. The van der Waals surface area contributed by atoms with Gasteiger partial charge in [0.25, 0.3) is 0 Å². The molecular formula is C18H21ClN2O3S. The van der Waals surface area contributed by atoms with Gasteiger partial charge < -0.3 is 5.32 Å². The van der Waals surface area contributed by atoms with Crippen LogP contribution in [0, 0.1) is 13.8 Å². The minimum absolute atomic E-state index is 0.107. The van der Waals surface area contributed by atoms with Gasteiger partial charge >= 0.3 is 0 Å². The zero-order valence-electron chi connectivity index (χ0n) is 14.4. The Morgan fingerprint density at radius 1 is 1.08 bits per heavy atom. The standard InChI is InChI=1S/C18H21ClN2O3S/c1-13-4-9-17(10-14(13)2)20-18(22)12-21(25(3,23)24)11-15-5-7-16(19)8-6-15/h4-10H,11-12H2,1-3H3,(H,20,22). The van der Waals surface area contributed by atoms with Crippen molar-refractivity contribution in [2.75, 3.05) is 18.1 Å². The summed E-state index contributed by atoms with van der Waals surface area (Å²) in [6.45, 7) is 3.79. The predicted molar refractivity (Wildman–Crippen MR) is 101 cm³/mol. The van der Waals surface area contributed by atoms with Crippen LogP contribution in [0.5, 0.6) is 0 Å². The molecule has 25 heavy (non-hydrogen) atoms. The first kappa shape index (κ1) is 19.4. The van der Waals surface area contributed by atoms with Crippen molar-refractivity contribution in [1.82, 2.24) is 4.31 Å². The van der Waals surface area contributed by atoms with Crippen LogP contribution in [0.4, 0.5) is 5.69 Å². The molecule has 1 amide bonds. The van der Waals surface area contributed by atoms with Crippen LogP contribution in [-0.4, -0.2) is 31.4 Å². The zero-order chi connectivity index (χ0) is 18.6. The number of halogens is 1. The van der Waals surface area contributed by atoms with Gasteiger partial charge in [-0.2, -0.15) is 4.31 Å². The number of carbonyl (C=O) groups is 1.